The number of benzene rings is 2. The predicted octanol–water partition coefficient (Wildman–Crippen LogP) is 5.07. The van der Waals surface area contributed by atoms with Gasteiger partial charge in [0.1, 0.15) is 0 Å². The highest BCUT2D eigenvalue weighted by molar-refractivity contribution is 9.10. The Balaban J connectivity index is 1.85. The number of fused-ring (bicyclic) bond motifs is 1. The van der Waals surface area contributed by atoms with Crippen molar-refractivity contribution in [3.8, 4) is 0 Å². The van der Waals surface area contributed by atoms with Crippen molar-refractivity contribution < 1.29 is 4.79 Å². The Kier molecular flexibility index (Phi) is 4.57. The summed E-state index contributed by atoms with van der Waals surface area (Å²) in [6.07, 6.45) is 0.911. The molecule has 1 aliphatic heterocycles. The van der Waals surface area contributed by atoms with Crippen LogP contribution in [-0.4, -0.2) is 11.7 Å². The summed E-state index contributed by atoms with van der Waals surface area (Å²) in [6, 6.07) is 13.3. The van der Waals surface area contributed by atoms with Crippen LogP contribution in [0, 0.1) is 0 Å². The first-order chi connectivity index (χ1) is 10.1. The van der Waals surface area contributed by atoms with E-state index in [4.69, 9.17) is 11.6 Å². The number of halogens is 2. The van der Waals surface area contributed by atoms with Gasteiger partial charge in [-0.15, -0.1) is 11.8 Å². The summed E-state index contributed by atoms with van der Waals surface area (Å²) in [6.45, 7) is 0. The van der Waals surface area contributed by atoms with Crippen LogP contribution in [0.1, 0.15) is 28.4 Å². The first-order valence-corrected chi connectivity index (χ1v) is 8.78. The zero-order valence-electron chi connectivity index (χ0n) is 11.1. The molecule has 0 bridgehead atoms. The lowest BCUT2D eigenvalue weighted by atomic mass is 10.0. The monoisotopic (exact) mass is 381 g/mol. The Morgan fingerprint density at radius 1 is 1.29 bits per heavy atom. The normalized spacial score (nSPS) is 17.1. The van der Waals surface area contributed by atoms with Gasteiger partial charge in [-0.3, -0.25) is 4.79 Å². The van der Waals surface area contributed by atoms with E-state index >= 15 is 0 Å². The van der Waals surface area contributed by atoms with E-state index in [9.17, 15) is 4.79 Å². The van der Waals surface area contributed by atoms with Gasteiger partial charge in [0.15, 0.2) is 0 Å². The minimum Gasteiger partial charge on any atom is -0.345 e. The standard InChI is InChI=1S/C16H13BrClNOS/c17-13-4-2-1-3-11(13)16(20)19-14-7-8-21-15-6-5-10(18)9-12(14)15/h1-6,9,14H,7-8H2,(H,19,20). The van der Waals surface area contributed by atoms with Crippen LogP contribution in [0.5, 0.6) is 0 Å². The molecule has 2 nitrogen and oxygen atoms in total. The maximum atomic E-state index is 12.4. The Morgan fingerprint density at radius 3 is 2.90 bits per heavy atom. The van der Waals surface area contributed by atoms with Crippen molar-refractivity contribution in [3.63, 3.8) is 0 Å². The quantitative estimate of drug-likeness (QED) is 0.785. The molecule has 1 heterocycles. The van der Waals surface area contributed by atoms with E-state index in [2.05, 4.69) is 21.2 Å². The number of hydrogen-bond acceptors (Lipinski definition) is 2. The van der Waals surface area contributed by atoms with E-state index in [1.54, 1.807) is 0 Å². The highest BCUT2D eigenvalue weighted by atomic mass is 79.9. The Hall–Kier alpha value is -0.970. The van der Waals surface area contributed by atoms with Crippen molar-refractivity contribution in [2.75, 3.05) is 5.75 Å². The number of nitrogens with one attached hydrogen (secondary N) is 1. The fourth-order valence-corrected chi connectivity index (χ4v) is 4.15. The van der Waals surface area contributed by atoms with Gasteiger partial charge in [-0.2, -0.15) is 0 Å². The molecule has 1 atom stereocenters. The van der Waals surface area contributed by atoms with Gasteiger partial charge in [-0.1, -0.05) is 23.7 Å². The molecule has 0 spiro atoms. The molecule has 5 heteroatoms. The maximum Gasteiger partial charge on any atom is 0.252 e. The average Bonchev–Trinajstić information content (AvgIpc) is 2.48. The number of thioether (sulfide) groups is 1. The molecule has 21 heavy (non-hydrogen) atoms. The van der Waals surface area contributed by atoms with Crippen LogP contribution in [-0.2, 0) is 0 Å². The summed E-state index contributed by atoms with van der Waals surface area (Å²) in [5.74, 6) is 0.931. The summed E-state index contributed by atoms with van der Waals surface area (Å²) in [5, 5.41) is 3.82. The second kappa shape index (κ2) is 6.42. The van der Waals surface area contributed by atoms with Crippen molar-refractivity contribution in [1.82, 2.24) is 5.32 Å². The van der Waals surface area contributed by atoms with Crippen LogP contribution in [0.3, 0.4) is 0 Å². The van der Waals surface area contributed by atoms with Crippen LogP contribution in [0.15, 0.2) is 51.8 Å². The van der Waals surface area contributed by atoms with Gasteiger partial charge in [0.2, 0.25) is 0 Å². The minimum atomic E-state index is -0.0645. The first-order valence-electron chi connectivity index (χ1n) is 6.63. The lowest BCUT2D eigenvalue weighted by molar-refractivity contribution is 0.0934. The van der Waals surface area contributed by atoms with Gasteiger partial charge in [0, 0.05) is 20.1 Å². The molecular formula is C16H13BrClNOS. The summed E-state index contributed by atoms with van der Waals surface area (Å²) in [4.78, 5) is 13.6. The zero-order chi connectivity index (χ0) is 14.8. The van der Waals surface area contributed by atoms with Gasteiger partial charge in [0.05, 0.1) is 11.6 Å². The molecular weight excluding hydrogens is 370 g/mol. The Labute approximate surface area is 141 Å². The molecule has 3 rings (SSSR count). The zero-order valence-corrected chi connectivity index (χ0v) is 14.3. The van der Waals surface area contributed by atoms with Crippen molar-refractivity contribution in [3.05, 3.63) is 63.1 Å². The van der Waals surface area contributed by atoms with Crippen LogP contribution in [0.25, 0.3) is 0 Å². The number of carbonyl (C=O) groups excluding carboxylic acids is 1. The van der Waals surface area contributed by atoms with E-state index in [0.717, 1.165) is 22.2 Å². The molecule has 1 unspecified atom stereocenters. The van der Waals surface area contributed by atoms with Gasteiger partial charge >= 0.3 is 0 Å². The second-order valence-electron chi connectivity index (χ2n) is 4.83. The van der Waals surface area contributed by atoms with Crippen LogP contribution in [0.2, 0.25) is 5.02 Å². The third kappa shape index (κ3) is 3.28. The fraction of sp³-hybridized carbons (Fsp3) is 0.188. The fourth-order valence-electron chi connectivity index (χ4n) is 2.40. The van der Waals surface area contributed by atoms with E-state index in [1.165, 1.54) is 4.90 Å². The van der Waals surface area contributed by atoms with Crippen LogP contribution in [0.4, 0.5) is 0 Å². The Morgan fingerprint density at radius 2 is 2.10 bits per heavy atom. The molecule has 1 amide bonds. The number of hydrogen-bond donors (Lipinski definition) is 1. The van der Waals surface area contributed by atoms with Gasteiger partial charge in [0.25, 0.3) is 5.91 Å². The van der Waals surface area contributed by atoms with Gasteiger partial charge in [-0.25, -0.2) is 0 Å². The minimum absolute atomic E-state index is 0.0135. The first kappa shape index (κ1) is 14.9. The molecule has 0 aromatic heterocycles. The van der Waals surface area contributed by atoms with E-state index in [0.29, 0.717) is 10.6 Å². The molecule has 2 aromatic carbocycles. The van der Waals surface area contributed by atoms with Crippen molar-refractivity contribution in [2.24, 2.45) is 0 Å². The number of amides is 1. The van der Waals surface area contributed by atoms with Crippen molar-refractivity contribution in [2.45, 2.75) is 17.4 Å². The topological polar surface area (TPSA) is 29.1 Å². The van der Waals surface area contributed by atoms with Gasteiger partial charge in [-0.05, 0) is 58.2 Å². The summed E-state index contributed by atoms with van der Waals surface area (Å²) >= 11 is 11.3. The third-order valence-electron chi connectivity index (χ3n) is 3.44. The Bertz CT molecular complexity index is 692. The third-order valence-corrected chi connectivity index (χ3v) is 5.48. The lowest BCUT2D eigenvalue weighted by Gasteiger charge is -2.26. The van der Waals surface area contributed by atoms with E-state index in [1.807, 2.05) is 54.2 Å². The van der Waals surface area contributed by atoms with Crippen molar-refractivity contribution in [1.29, 1.82) is 0 Å². The molecule has 1 N–H and O–H groups in total. The molecule has 2 aromatic rings. The van der Waals surface area contributed by atoms with Gasteiger partial charge < -0.3 is 5.32 Å². The number of rotatable bonds is 2. The molecule has 0 saturated heterocycles. The second-order valence-corrected chi connectivity index (χ2v) is 7.25. The summed E-state index contributed by atoms with van der Waals surface area (Å²) < 4.78 is 0.805. The van der Waals surface area contributed by atoms with Crippen LogP contribution < -0.4 is 5.32 Å². The molecule has 0 fully saturated rings. The smallest absolute Gasteiger partial charge is 0.252 e. The average molecular weight is 383 g/mol. The molecule has 108 valence electrons. The predicted molar refractivity (Wildman–Crippen MR) is 91.1 cm³/mol. The summed E-state index contributed by atoms with van der Waals surface area (Å²) in [7, 11) is 0. The molecule has 0 saturated carbocycles. The molecule has 0 radical (unpaired) electrons. The highest BCUT2D eigenvalue weighted by Crippen LogP contribution is 2.37. The number of carbonyl (C=O) groups is 1. The largest absolute Gasteiger partial charge is 0.345 e. The summed E-state index contributed by atoms with van der Waals surface area (Å²) in [5.41, 5.74) is 1.76. The molecule has 1 aliphatic rings. The SMILES string of the molecule is O=C(NC1CCSc2ccc(Cl)cc21)c1ccccc1Br. The van der Waals surface area contributed by atoms with E-state index < -0.39 is 0 Å². The van der Waals surface area contributed by atoms with Crippen LogP contribution >= 0.6 is 39.3 Å². The highest BCUT2D eigenvalue weighted by Gasteiger charge is 2.23. The lowest BCUT2D eigenvalue weighted by Crippen LogP contribution is -2.30. The molecule has 0 aliphatic carbocycles. The van der Waals surface area contributed by atoms with E-state index in [-0.39, 0.29) is 11.9 Å². The van der Waals surface area contributed by atoms with Crippen molar-refractivity contribution >= 4 is 45.2 Å². The maximum absolute atomic E-state index is 12.4.